The van der Waals surface area contributed by atoms with Gasteiger partial charge in [0.2, 0.25) is 18.6 Å². The predicted octanol–water partition coefficient (Wildman–Crippen LogP) is 4.26. The van der Waals surface area contributed by atoms with Crippen molar-refractivity contribution in [2.75, 3.05) is 13.3 Å². The van der Waals surface area contributed by atoms with Crippen molar-refractivity contribution in [1.29, 1.82) is 0 Å². The highest BCUT2D eigenvalue weighted by molar-refractivity contribution is 5.87. The van der Waals surface area contributed by atoms with Crippen LogP contribution in [0.4, 0.5) is 0 Å². The van der Waals surface area contributed by atoms with Gasteiger partial charge in [0.25, 0.3) is 0 Å². The van der Waals surface area contributed by atoms with Gasteiger partial charge in [0.1, 0.15) is 6.04 Å². The van der Waals surface area contributed by atoms with Gasteiger partial charge in [-0.15, -0.1) is 0 Å². The molecule has 0 radical (unpaired) electrons. The van der Waals surface area contributed by atoms with Crippen molar-refractivity contribution >= 4 is 11.8 Å². The minimum Gasteiger partial charge on any atom is -0.454 e. The minimum absolute atomic E-state index is 0.00473. The van der Waals surface area contributed by atoms with E-state index in [4.69, 9.17) is 9.47 Å². The van der Waals surface area contributed by atoms with Gasteiger partial charge in [-0.2, -0.15) is 0 Å². The zero-order valence-electron chi connectivity index (χ0n) is 19.4. The molecule has 1 unspecified atom stereocenters. The second-order valence-electron chi connectivity index (χ2n) is 9.03. The monoisotopic (exact) mass is 450 g/mol. The maximum atomic E-state index is 13.3. The molecule has 2 aromatic carbocycles. The number of hydrogen-bond donors (Lipinski definition) is 1. The Kier molecular flexibility index (Phi) is 7.87. The van der Waals surface area contributed by atoms with E-state index in [9.17, 15) is 9.59 Å². The summed E-state index contributed by atoms with van der Waals surface area (Å²) in [6.07, 6.45) is 7.27. The van der Waals surface area contributed by atoms with Gasteiger partial charge in [-0.3, -0.25) is 9.59 Å². The molecule has 1 atom stereocenters. The number of hydrogen-bond acceptors (Lipinski definition) is 4. The van der Waals surface area contributed by atoms with E-state index < -0.39 is 6.04 Å². The molecule has 1 N–H and O–H groups in total. The average Bonchev–Trinajstić information content (AvgIpc) is 3.32. The number of nitrogens with one attached hydrogen (secondary N) is 1. The van der Waals surface area contributed by atoms with Crippen LogP contribution in [-0.2, 0) is 22.4 Å². The van der Waals surface area contributed by atoms with Gasteiger partial charge in [-0.05, 0) is 55.9 Å². The topological polar surface area (TPSA) is 67.9 Å². The highest BCUT2D eigenvalue weighted by atomic mass is 16.7. The number of nitrogens with zero attached hydrogens (tertiary/aromatic N) is 1. The van der Waals surface area contributed by atoms with Crippen LogP contribution >= 0.6 is 0 Å². The lowest BCUT2D eigenvalue weighted by Gasteiger charge is -2.31. The molecule has 0 saturated heterocycles. The van der Waals surface area contributed by atoms with Crippen LogP contribution in [0.5, 0.6) is 11.5 Å². The van der Waals surface area contributed by atoms with Crippen molar-refractivity contribution in [3.63, 3.8) is 0 Å². The zero-order valence-corrected chi connectivity index (χ0v) is 19.4. The number of carbonyl (C=O) groups is 2. The number of rotatable bonds is 9. The number of ether oxygens (including phenoxy) is 2. The van der Waals surface area contributed by atoms with Crippen molar-refractivity contribution < 1.29 is 19.1 Å². The minimum atomic E-state index is -0.500. The third-order valence-corrected chi connectivity index (χ3v) is 6.67. The lowest BCUT2D eigenvalue weighted by Crippen LogP contribution is -2.51. The molecule has 0 spiro atoms. The summed E-state index contributed by atoms with van der Waals surface area (Å²) in [7, 11) is 0. The van der Waals surface area contributed by atoms with E-state index in [0.29, 0.717) is 19.4 Å². The van der Waals surface area contributed by atoms with Crippen molar-refractivity contribution in [2.45, 2.75) is 70.4 Å². The van der Waals surface area contributed by atoms with Crippen LogP contribution in [0, 0.1) is 0 Å². The maximum Gasteiger partial charge on any atom is 0.242 e. The van der Waals surface area contributed by atoms with Crippen LogP contribution in [-0.4, -0.2) is 42.1 Å². The van der Waals surface area contributed by atoms with E-state index in [1.54, 1.807) is 4.90 Å². The van der Waals surface area contributed by atoms with Crippen LogP contribution in [0.1, 0.15) is 56.6 Å². The predicted molar refractivity (Wildman–Crippen MR) is 127 cm³/mol. The lowest BCUT2D eigenvalue weighted by molar-refractivity contribution is -0.140. The first-order valence-electron chi connectivity index (χ1n) is 12.1. The Bertz CT molecular complexity index is 940. The number of carbonyl (C=O) groups excluding carboxylic acids is 2. The first-order valence-corrected chi connectivity index (χ1v) is 12.1. The van der Waals surface area contributed by atoms with E-state index in [-0.39, 0.29) is 24.6 Å². The van der Waals surface area contributed by atoms with Gasteiger partial charge in [0, 0.05) is 19.0 Å². The fraction of sp³-hybridized carbons (Fsp3) is 0.481. The summed E-state index contributed by atoms with van der Waals surface area (Å²) in [5, 5.41) is 3.19. The first kappa shape index (κ1) is 23.1. The Labute approximate surface area is 196 Å². The number of amides is 2. The van der Waals surface area contributed by atoms with Crippen LogP contribution < -0.4 is 14.8 Å². The van der Waals surface area contributed by atoms with Crippen LogP contribution in [0.25, 0.3) is 0 Å². The van der Waals surface area contributed by atoms with E-state index in [2.05, 4.69) is 17.4 Å². The molecule has 33 heavy (non-hydrogen) atoms. The highest BCUT2D eigenvalue weighted by Crippen LogP contribution is 2.32. The molecule has 4 rings (SSSR count). The van der Waals surface area contributed by atoms with Gasteiger partial charge in [-0.25, -0.2) is 0 Å². The molecule has 0 bridgehead atoms. The molecule has 2 aromatic rings. The summed E-state index contributed by atoms with van der Waals surface area (Å²) in [6.45, 7) is 2.60. The Balaban J connectivity index is 1.40. The van der Waals surface area contributed by atoms with Crippen molar-refractivity contribution in [2.24, 2.45) is 0 Å². The third-order valence-electron chi connectivity index (χ3n) is 6.67. The second kappa shape index (κ2) is 11.2. The van der Waals surface area contributed by atoms with E-state index in [1.165, 1.54) is 6.42 Å². The standard InChI is InChI=1S/C27H34N2O4/c1-20(27(31)28-23-10-6-3-7-11-23)29(17-16-21-8-4-2-5-9-21)26(30)15-13-22-12-14-24-25(18-22)33-19-32-24/h2,4-5,8-9,12,14,18,20,23H,3,6-7,10-11,13,15-17,19H2,1H3,(H,28,31). The van der Waals surface area contributed by atoms with Gasteiger partial charge in [0.15, 0.2) is 11.5 Å². The molecule has 1 fully saturated rings. The fourth-order valence-corrected chi connectivity index (χ4v) is 4.63. The van der Waals surface area contributed by atoms with Crippen LogP contribution in [0.3, 0.4) is 0 Å². The number of fused-ring (bicyclic) bond motifs is 1. The van der Waals surface area contributed by atoms with Crippen molar-refractivity contribution in [3.8, 4) is 11.5 Å². The van der Waals surface area contributed by atoms with Crippen molar-refractivity contribution in [1.82, 2.24) is 10.2 Å². The second-order valence-corrected chi connectivity index (χ2v) is 9.03. The summed E-state index contributed by atoms with van der Waals surface area (Å²) in [5.41, 5.74) is 2.18. The van der Waals surface area contributed by atoms with Crippen LogP contribution in [0.15, 0.2) is 48.5 Å². The Morgan fingerprint density at radius 3 is 2.52 bits per heavy atom. The van der Waals surface area contributed by atoms with Gasteiger partial charge in [-0.1, -0.05) is 55.7 Å². The molecule has 2 aliphatic rings. The SMILES string of the molecule is CC(C(=O)NC1CCCCC1)N(CCc1ccccc1)C(=O)CCc1ccc2c(c1)OCO2. The van der Waals surface area contributed by atoms with Crippen LogP contribution in [0.2, 0.25) is 0 Å². The molecule has 1 saturated carbocycles. The number of benzene rings is 2. The molecular formula is C27H34N2O4. The molecule has 6 nitrogen and oxygen atoms in total. The quantitative estimate of drug-likeness (QED) is 0.620. The van der Waals surface area contributed by atoms with Gasteiger partial charge < -0.3 is 19.7 Å². The molecule has 176 valence electrons. The van der Waals surface area contributed by atoms with E-state index in [1.807, 2.05) is 43.3 Å². The summed E-state index contributed by atoms with van der Waals surface area (Å²) in [4.78, 5) is 28.1. The average molecular weight is 451 g/mol. The highest BCUT2D eigenvalue weighted by Gasteiger charge is 2.27. The van der Waals surface area contributed by atoms with Gasteiger partial charge in [0.05, 0.1) is 0 Å². The summed E-state index contributed by atoms with van der Waals surface area (Å²) in [5.74, 6) is 1.41. The van der Waals surface area contributed by atoms with Crippen molar-refractivity contribution in [3.05, 3.63) is 59.7 Å². The summed E-state index contributed by atoms with van der Waals surface area (Å²) < 4.78 is 10.8. The largest absolute Gasteiger partial charge is 0.454 e. The fourth-order valence-electron chi connectivity index (χ4n) is 4.63. The summed E-state index contributed by atoms with van der Waals surface area (Å²) >= 11 is 0. The molecule has 2 amide bonds. The smallest absolute Gasteiger partial charge is 0.242 e. The van der Waals surface area contributed by atoms with Gasteiger partial charge >= 0.3 is 0 Å². The Hall–Kier alpha value is -3.02. The van der Waals surface area contributed by atoms with E-state index in [0.717, 1.165) is 54.7 Å². The summed E-state index contributed by atoms with van der Waals surface area (Å²) in [6, 6.07) is 15.6. The lowest BCUT2D eigenvalue weighted by atomic mass is 9.95. The maximum absolute atomic E-state index is 13.3. The molecule has 6 heteroatoms. The number of aryl methyl sites for hydroxylation is 1. The zero-order chi connectivity index (χ0) is 23.0. The Morgan fingerprint density at radius 1 is 0.970 bits per heavy atom. The normalized spacial score (nSPS) is 16.3. The molecule has 0 aromatic heterocycles. The Morgan fingerprint density at radius 2 is 1.73 bits per heavy atom. The van der Waals surface area contributed by atoms with E-state index >= 15 is 0 Å². The third kappa shape index (κ3) is 6.28. The first-order chi connectivity index (χ1) is 16.1. The molecular weight excluding hydrogens is 416 g/mol. The molecule has 1 aliphatic carbocycles. The molecule has 1 aliphatic heterocycles. The molecule has 1 heterocycles.